The van der Waals surface area contributed by atoms with Crippen LogP contribution in [0.25, 0.3) is 0 Å². The van der Waals surface area contributed by atoms with E-state index in [0.29, 0.717) is 6.54 Å². The van der Waals surface area contributed by atoms with Crippen molar-refractivity contribution in [2.24, 2.45) is 0 Å². The van der Waals surface area contributed by atoms with Gasteiger partial charge in [-0.25, -0.2) is 8.78 Å². The molecule has 0 fully saturated rings. The first kappa shape index (κ1) is 14.7. The van der Waals surface area contributed by atoms with Crippen LogP contribution in [-0.4, -0.2) is 6.54 Å². The van der Waals surface area contributed by atoms with E-state index in [1.165, 1.54) is 18.2 Å². The average Bonchev–Trinajstić information content (AvgIpc) is 2.46. The Morgan fingerprint density at radius 3 is 2.25 bits per heavy atom. The lowest BCUT2D eigenvalue weighted by Crippen LogP contribution is -2.24. The summed E-state index contributed by atoms with van der Waals surface area (Å²) in [5.41, 5.74) is 2.12. The summed E-state index contributed by atoms with van der Waals surface area (Å²) in [6.07, 6.45) is 0.895. The molecule has 0 aliphatic carbocycles. The molecule has 2 aromatic rings. The van der Waals surface area contributed by atoms with Crippen molar-refractivity contribution in [3.8, 4) is 0 Å². The van der Waals surface area contributed by atoms with Crippen molar-refractivity contribution in [1.29, 1.82) is 0 Å². The minimum Gasteiger partial charge on any atom is -0.306 e. The van der Waals surface area contributed by atoms with Gasteiger partial charge in [0.15, 0.2) is 0 Å². The minimum absolute atomic E-state index is 0.0857. The molecule has 3 heteroatoms. The van der Waals surface area contributed by atoms with Gasteiger partial charge in [0.2, 0.25) is 0 Å². The highest BCUT2D eigenvalue weighted by Gasteiger charge is 2.21. The van der Waals surface area contributed by atoms with Crippen LogP contribution in [0.2, 0.25) is 0 Å². The quantitative estimate of drug-likeness (QED) is 0.861. The number of hydrogen-bond donors (Lipinski definition) is 1. The summed E-state index contributed by atoms with van der Waals surface area (Å²) < 4.78 is 28.0. The normalized spacial score (nSPS) is 12.4. The number of rotatable bonds is 5. The molecule has 0 saturated heterocycles. The second kappa shape index (κ2) is 6.62. The van der Waals surface area contributed by atoms with Crippen LogP contribution >= 0.6 is 0 Å². The summed E-state index contributed by atoms with van der Waals surface area (Å²) in [6.45, 7) is 4.62. The van der Waals surface area contributed by atoms with Gasteiger partial charge in [-0.2, -0.15) is 0 Å². The highest BCUT2D eigenvalue weighted by molar-refractivity contribution is 5.35. The maximum Gasteiger partial charge on any atom is 0.131 e. The summed E-state index contributed by atoms with van der Waals surface area (Å²) >= 11 is 0. The van der Waals surface area contributed by atoms with Crippen molar-refractivity contribution in [3.05, 3.63) is 70.8 Å². The summed E-state index contributed by atoms with van der Waals surface area (Å²) in [6, 6.07) is 11.4. The van der Waals surface area contributed by atoms with E-state index in [0.717, 1.165) is 17.5 Å². The van der Waals surface area contributed by atoms with E-state index >= 15 is 0 Å². The van der Waals surface area contributed by atoms with E-state index in [-0.39, 0.29) is 5.56 Å². The van der Waals surface area contributed by atoms with Crippen LogP contribution in [0, 0.1) is 11.6 Å². The number of benzene rings is 2. The fourth-order valence-corrected chi connectivity index (χ4v) is 2.37. The van der Waals surface area contributed by atoms with Crippen molar-refractivity contribution in [2.45, 2.75) is 26.3 Å². The Morgan fingerprint density at radius 1 is 1.00 bits per heavy atom. The molecule has 0 saturated carbocycles. The van der Waals surface area contributed by atoms with E-state index in [1.54, 1.807) is 0 Å². The summed E-state index contributed by atoms with van der Waals surface area (Å²) in [5, 5.41) is 3.17. The fourth-order valence-electron chi connectivity index (χ4n) is 2.37. The standard InChI is InChI=1S/C17H19F2N/c1-3-12-7-5-8-13(11-12)17(20-4-2)16-14(18)9-6-10-15(16)19/h5-11,17,20H,3-4H2,1-2H3. The molecular formula is C17H19F2N. The van der Waals surface area contributed by atoms with Crippen molar-refractivity contribution in [2.75, 3.05) is 6.54 Å². The Kier molecular flexibility index (Phi) is 4.85. The molecule has 1 unspecified atom stereocenters. The van der Waals surface area contributed by atoms with Crippen LogP contribution in [0.5, 0.6) is 0 Å². The summed E-state index contributed by atoms with van der Waals surface area (Å²) in [5.74, 6) is -1.03. The third kappa shape index (κ3) is 3.05. The molecule has 1 atom stereocenters. The van der Waals surface area contributed by atoms with Gasteiger partial charge < -0.3 is 5.32 Å². The minimum atomic E-state index is -0.516. The molecule has 0 radical (unpaired) electrons. The predicted octanol–water partition coefficient (Wildman–Crippen LogP) is 4.23. The Bertz CT molecular complexity index is 561. The van der Waals surface area contributed by atoms with Gasteiger partial charge in [0, 0.05) is 5.56 Å². The SMILES string of the molecule is CCNC(c1cccc(CC)c1)c1c(F)cccc1F. The Labute approximate surface area is 118 Å². The summed E-state index contributed by atoms with van der Waals surface area (Å²) in [4.78, 5) is 0. The zero-order valence-corrected chi connectivity index (χ0v) is 11.8. The Hall–Kier alpha value is -1.74. The molecule has 2 rings (SSSR count). The molecule has 1 nitrogen and oxygen atoms in total. The molecule has 0 heterocycles. The number of aryl methyl sites for hydroxylation is 1. The van der Waals surface area contributed by atoms with E-state index in [1.807, 2.05) is 31.2 Å². The van der Waals surface area contributed by atoms with Crippen molar-refractivity contribution < 1.29 is 8.78 Å². The monoisotopic (exact) mass is 275 g/mol. The van der Waals surface area contributed by atoms with Crippen LogP contribution in [0.15, 0.2) is 42.5 Å². The molecular weight excluding hydrogens is 256 g/mol. The molecule has 0 aromatic heterocycles. The predicted molar refractivity (Wildman–Crippen MR) is 77.7 cm³/mol. The van der Waals surface area contributed by atoms with E-state index in [9.17, 15) is 8.78 Å². The Morgan fingerprint density at radius 2 is 1.65 bits per heavy atom. The number of hydrogen-bond acceptors (Lipinski definition) is 1. The molecule has 1 N–H and O–H groups in total. The lowest BCUT2D eigenvalue weighted by molar-refractivity contribution is 0.510. The van der Waals surface area contributed by atoms with Crippen LogP contribution in [0.1, 0.15) is 36.6 Å². The second-order valence-electron chi connectivity index (χ2n) is 4.72. The first-order valence-electron chi connectivity index (χ1n) is 6.93. The fraction of sp³-hybridized carbons (Fsp3) is 0.294. The van der Waals surface area contributed by atoms with Crippen LogP contribution < -0.4 is 5.32 Å². The van der Waals surface area contributed by atoms with Gasteiger partial charge in [0.05, 0.1) is 6.04 Å². The van der Waals surface area contributed by atoms with Crippen molar-refractivity contribution in [3.63, 3.8) is 0 Å². The molecule has 0 spiro atoms. The molecule has 0 bridgehead atoms. The second-order valence-corrected chi connectivity index (χ2v) is 4.72. The number of nitrogens with one attached hydrogen (secondary N) is 1. The van der Waals surface area contributed by atoms with Gasteiger partial charge in [-0.1, -0.05) is 44.2 Å². The highest BCUT2D eigenvalue weighted by Crippen LogP contribution is 2.27. The van der Waals surface area contributed by atoms with Gasteiger partial charge in [-0.3, -0.25) is 0 Å². The number of halogens is 2. The third-order valence-electron chi connectivity index (χ3n) is 3.39. The smallest absolute Gasteiger partial charge is 0.131 e. The van der Waals surface area contributed by atoms with Crippen molar-refractivity contribution >= 4 is 0 Å². The maximum atomic E-state index is 14.0. The lowest BCUT2D eigenvalue weighted by Gasteiger charge is -2.20. The molecule has 106 valence electrons. The highest BCUT2D eigenvalue weighted by atomic mass is 19.1. The first-order chi connectivity index (χ1) is 9.67. The van der Waals surface area contributed by atoms with Gasteiger partial charge >= 0.3 is 0 Å². The average molecular weight is 275 g/mol. The topological polar surface area (TPSA) is 12.0 Å². The largest absolute Gasteiger partial charge is 0.306 e. The van der Waals surface area contributed by atoms with Gasteiger partial charge in [0.1, 0.15) is 11.6 Å². The molecule has 0 aliphatic rings. The first-order valence-corrected chi connectivity index (χ1v) is 6.93. The molecule has 20 heavy (non-hydrogen) atoms. The van der Waals surface area contributed by atoms with Gasteiger partial charge in [-0.15, -0.1) is 0 Å². The van der Waals surface area contributed by atoms with Crippen LogP contribution in [-0.2, 0) is 6.42 Å². The molecule has 0 amide bonds. The lowest BCUT2D eigenvalue weighted by atomic mass is 9.95. The maximum absolute atomic E-state index is 14.0. The van der Waals surface area contributed by atoms with Crippen LogP contribution in [0.3, 0.4) is 0 Å². The van der Waals surface area contributed by atoms with Gasteiger partial charge in [-0.05, 0) is 36.2 Å². The van der Waals surface area contributed by atoms with E-state index in [4.69, 9.17) is 0 Å². The molecule has 2 aromatic carbocycles. The van der Waals surface area contributed by atoms with Crippen molar-refractivity contribution in [1.82, 2.24) is 5.32 Å². The zero-order valence-electron chi connectivity index (χ0n) is 11.8. The van der Waals surface area contributed by atoms with Gasteiger partial charge in [0.25, 0.3) is 0 Å². The van der Waals surface area contributed by atoms with Crippen LogP contribution in [0.4, 0.5) is 8.78 Å². The molecule has 0 aliphatic heterocycles. The zero-order chi connectivity index (χ0) is 14.5. The third-order valence-corrected chi connectivity index (χ3v) is 3.39. The summed E-state index contributed by atoms with van der Waals surface area (Å²) in [7, 11) is 0. The van der Waals surface area contributed by atoms with E-state index < -0.39 is 17.7 Å². The van der Waals surface area contributed by atoms with E-state index in [2.05, 4.69) is 12.2 Å². The Balaban J connectivity index is 2.50.